The number of rotatable bonds is 8. The molecule has 0 atom stereocenters. The van der Waals surface area contributed by atoms with E-state index in [0.717, 1.165) is 13.0 Å². The van der Waals surface area contributed by atoms with Gasteiger partial charge in [-0.1, -0.05) is 33.6 Å². The summed E-state index contributed by atoms with van der Waals surface area (Å²) in [6.45, 7) is 8.13. The van der Waals surface area contributed by atoms with E-state index in [4.69, 9.17) is 9.47 Å². The summed E-state index contributed by atoms with van der Waals surface area (Å²) >= 11 is 0. The highest BCUT2D eigenvalue weighted by Gasteiger charge is 2.18. The maximum Gasteiger partial charge on any atom is 0.146 e. The second-order valence-corrected chi connectivity index (χ2v) is 3.94. The van der Waals surface area contributed by atoms with Crippen LogP contribution in [0.3, 0.4) is 0 Å². The molecule has 0 bridgehead atoms. The van der Waals surface area contributed by atoms with Gasteiger partial charge in [0.2, 0.25) is 0 Å². The van der Waals surface area contributed by atoms with Gasteiger partial charge in [-0.25, -0.2) is 0 Å². The van der Waals surface area contributed by atoms with Crippen molar-refractivity contribution in [2.24, 2.45) is 5.41 Å². The Bertz CT molecular complexity index is 109. The first kappa shape index (κ1) is 12.9. The molecule has 0 spiro atoms. The van der Waals surface area contributed by atoms with Crippen molar-refractivity contribution in [2.75, 3.05) is 20.5 Å². The van der Waals surface area contributed by atoms with E-state index in [0.29, 0.717) is 12.2 Å². The minimum atomic E-state index is 0.426. The van der Waals surface area contributed by atoms with E-state index in [-0.39, 0.29) is 0 Å². The van der Waals surface area contributed by atoms with Crippen molar-refractivity contribution in [1.82, 2.24) is 0 Å². The number of ether oxygens (including phenoxy) is 2. The summed E-state index contributed by atoms with van der Waals surface area (Å²) in [5.41, 5.74) is 0.510. The molecule has 0 heterocycles. The molecule has 13 heavy (non-hydrogen) atoms. The van der Waals surface area contributed by atoms with Gasteiger partial charge in [0, 0.05) is 13.7 Å². The van der Waals surface area contributed by atoms with Gasteiger partial charge in [0.05, 0.1) is 0 Å². The molecular weight excluding hydrogens is 164 g/mol. The lowest BCUT2D eigenvalue weighted by atomic mass is 9.80. The van der Waals surface area contributed by atoms with Gasteiger partial charge in [-0.05, 0) is 18.3 Å². The minimum absolute atomic E-state index is 0.426. The molecule has 0 rings (SSSR count). The van der Waals surface area contributed by atoms with Crippen molar-refractivity contribution < 1.29 is 9.47 Å². The first-order chi connectivity index (χ1) is 6.18. The summed E-state index contributed by atoms with van der Waals surface area (Å²) in [7, 11) is 1.65. The molecule has 0 fully saturated rings. The Morgan fingerprint density at radius 1 is 1.15 bits per heavy atom. The van der Waals surface area contributed by atoms with Crippen LogP contribution < -0.4 is 0 Å². The van der Waals surface area contributed by atoms with Gasteiger partial charge in [-0.3, -0.25) is 0 Å². The van der Waals surface area contributed by atoms with Crippen molar-refractivity contribution in [3.63, 3.8) is 0 Å². The van der Waals surface area contributed by atoms with Crippen LogP contribution >= 0.6 is 0 Å². The molecule has 0 aromatic heterocycles. The Hall–Kier alpha value is -0.0800. The first-order valence-electron chi connectivity index (χ1n) is 5.25. The normalized spacial score (nSPS) is 12.0. The van der Waals surface area contributed by atoms with Gasteiger partial charge in [0.1, 0.15) is 6.79 Å². The molecule has 0 radical (unpaired) electrons. The Labute approximate surface area is 82.6 Å². The predicted molar refractivity (Wildman–Crippen MR) is 55.8 cm³/mol. The fourth-order valence-electron chi connectivity index (χ4n) is 1.35. The Balaban J connectivity index is 3.39. The topological polar surface area (TPSA) is 18.5 Å². The zero-order chi connectivity index (χ0) is 10.2. The molecule has 0 N–H and O–H groups in total. The van der Waals surface area contributed by atoms with Crippen LogP contribution in [0.15, 0.2) is 0 Å². The summed E-state index contributed by atoms with van der Waals surface area (Å²) < 4.78 is 10.0. The molecule has 0 aromatic rings. The molecule has 0 amide bonds. The third-order valence-electron chi connectivity index (χ3n) is 2.98. The standard InChI is InChI=1S/C11H24O2/c1-5-11(3,6-2)8-7-9-13-10-12-4/h5-10H2,1-4H3. The van der Waals surface area contributed by atoms with E-state index >= 15 is 0 Å². The van der Waals surface area contributed by atoms with Crippen LogP contribution in [-0.4, -0.2) is 20.5 Å². The highest BCUT2D eigenvalue weighted by Crippen LogP contribution is 2.30. The van der Waals surface area contributed by atoms with Crippen molar-refractivity contribution in [1.29, 1.82) is 0 Å². The molecule has 0 saturated carbocycles. The van der Waals surface area contributed by atoms with E-state index < -0.39 is 0 Å². The number of hydrogen-bond donors (Lipinski definition) is 0. The first-order valence-corrected chi connectivity index (χ1v) is 5.25. The summed E-state index contributed by atoms with van der Waals surface area (Å²) in [4.78, 5) is 0. The Morgan fingerprint density at radius 2 is 1.77 bits per heavy atom. The van der Waals surface area contributed by atoms with E-state index in [2.05, 4.69) is 20.8 Å². The molecule has 0 aliphatic carbocycles. The zero-order valence-electron chi connectivity index (χ0n) is 9.56. The van der Waals surface area contributed by atoms with Crippen molar-refractivity contribution in [2.45, 2.75) is 46.5 Å². The third-order valence-corrected chi connectivity index (χ3v) is 2.98. The van der Waals surface area contributed by atoms with Gasteiger partial charge in [0.25, 0.3) is 0 Å². The molecule has 0 aliphatic rings. The lowest BCUT2D eigenvalue weighted by molar-refractivity contribution is -0.0336. The minimum Gasteiger partial charge on any atom is -0.359 e. The zero-order valence-corrected chi connectivity index (χ0v) is 9.56. The summed E-state index contributed by atoms with van der Waals surface area (Å²) in [6.07, 6.45) is 4.91. The van der Waals surface area contributed by atoms with Crippen LogP contribution in [0.2, 0.25) is 0 Å². The van der Waals surface area contributed by atoms with Crippen molar-refractivity contribution in [3.8, 4) is 0 Å². The van der Waals surface area contributed by atoms with Gasteiger partial charge < -0.3 is 9.47 Å². The summed E-state index contributed by atoms with van der Waals surface area (Å²) in [5.74, 6) is 0. The van der Waals surface area contributed by atoms with Crippen LogP contribution in [0.25, 0.3) is 0 Å². The van der Waals surface area contributed by atoms with Crippen LogP contribution in [-0.2, 0) is 9.47 Å². The average molecular weight is 188 g/mol. The monoisotopic (exact) mass is 188 g/mol. The van der Waals surface area contributed by atoms with E-state index in [1.165, 1.54) is 19.3 Å². The van der Waals surface area contributed by atoms with E-state index in [1.54, 1.807) is 7.11 Å². The lowest BCUT2D eigenvalue weighted by Crippen LogP contribution is -2.14. The SMILES string of the molecule is CCC(C)(CC)CCCOCOC. The molecule has 2 nitrogen and oxygen atoms in total. The second-order valence-electron chi connectivity index (χ2n) is 3.94. The summed E-state index contributed by atoms with van der Waals surface area (Å²) in [5, 5.41) is 0. The van der Waals surface area contributed by atoms with Gasteiger partial charge in [-0.2, -0.15) is 0 Å². The number of hydrogen-bond acceptors (Lipinski definition) is 2. The largest absolute Gasteiger partial charge is 0.359 e. The Kier molecular flexibility index (Phi) is 7.29. The maximum atomic E-state index is 5.24. The van der Waals surface area contributed by atoms with Crippen LogP contribution in [0.5, 0.6) is 0 Å². The molecular formula is C11H24O2. The van der Waals surface area contributed by atoms with E-state index in [9.17, 15) is 0 Å². The highest BCUT2D eigenvalue weighted by atomic mass is 16.7. The molecule has 0 aliphatic heterocycles. The molecule has 0 unspecified atom stereocenters. The van der Waals surface area contributed by atoms with Crippen molar-refractivity contribution >= 4 is 0 Å². The fraction of sp³-hybridized carbons (Fsp3) is 1.00. The van der Waals surface area contributed by atoms with Gasteiger partial charge in [-0.15, -0.1) is 0 Å². The fourth-order valence-corrected chi connectivity index (χ4v) is 1.35. The molecule has 2 heteroatoms. The smallest absolute Gasteiger partial charge is 0.146 e. The van der Waals surface area contributed by atoms with Gasteiger partial charge >= 0.3 is 0 Å². The summed E-state index contributed by atoms with van der Waals surface area (Å²) in [6, 6.07) is 0. The maximum absolute atomic E-state index is 5.24. The van der Waals surface area contributed by atoms with Crippen LogP contribution in [0, 0.1) is 5.41 Å². The average Bonchev–Trinajstić information content (AvgIpc) is 2.17. The Morgan fingerprint density at radius 3 is 2.23 bits per heavy atom. The molecule has 80 valence electrons. The lowest BCUT2D eigenvalue weighted by Gasteiger charge is -2.26. The van der Waals surface area contributed by atoms with Crippen LogP contribution in [0.1, 0.15) is 46.5 Å². The number of methoxy groups -OCH3 is 1. The van der Waals surface area contributed by atoms with Crippen molar-refractivity contribution in [3.05, 3.63) is 0 Å². The molecule has 0 saturated heterocycles. The predicted octanol–water partition coefficient (Wildman–Crippen LogP) is 3.21. The van der Waals surface area contributed by atoms with Crippen LogP contribution in [0.4, 0.5) is 0 Å². The molecule has 0 aromatic carbocycles. The van der Waals surface area contributed by atoms with E-state index in [1.807, 2.05) is 0 Å². The van der Waals surface area contributed by atoms with Gasteiger partial charge in [0.15, 0.2) is 0 Å². The third kappa shape index (κ3) is 6.05. The second kappa shape index (κ2) is 7.34. The quantitative estimate of drug-likeness (QED) is 0.430. The highest BCUT2D eigenvalue weighted by molar-refractivity contribution is 4.70.